The minimum absolute atomic E-state index is 0.490. The zero-order valence-electron chi connectivity index (χ0n) is 15.0. The Morgan fingerprint density at radius 1 is 1.39 bits per heavy atom. The average Bonchev–Trinajstić information content (AvgIpc) is 2.94. The zero-order valence-corrected chi connectivity index (χ0v) is 15.8. The highest BCUT2D eigenvalue weighted by atomic mass is 32.2. The van der Waals surface area contributed by atoms with Crippen LogP contribution in [0, 0.1) is 5.92 Å². The molecule has 0 amide bonds. The van der Waals surface area contributed by atoms with Crippen molar-refractivity contribution in [2.45, 2.75) is 51.7 Å². The van der Waals surface area contributed by atoms with Crippen LogP contribution in [0.25, 0.3) is 0 Å². The number of aliphatic hydroxyl groups is 1. The highest BCUT2D eigenvalue weighted by Gasteiger charge is 2.31. The van der Waals surface area contributed by atoms with Gasteiger partial charge in [-0.2, -0.15) is 11.8 Å². The fourth-order valence-electron chi connectivity index (χ4n) is 3.24. The van der Waals surface area contributed by atoms with Crippen LogP contribution in [0.1, 0.15) is 40.0 Å². The first-order valence-electron chi connectivity index (χ1n) is 9.08. The van der Waals surface area contributed by atoms with Gasteiger partial charge in [-0.1, -0.05) is 13.8 Å². The lowest BCUT2D eigenvalue weighted by molar-refractivity contribution is 0.0778. The lowest BCUT2D eigenvalue weighted by Gasteiger charge is -2.34. The molecule has 2 aliphatic heterocycles. The van der Waals surface area contributed by atoms with Crippen molar-refractivity contribution in [3.63, 3.8) is 0 Å². The summed E-state index contributed by atoms with van der Waals surface area (Å²) in [7, 11) is 0. The number of likely N-dealkylation sites (tertiary alicyclic amines) is 1. The molecule has 0 aliphatic carbocycles. The fourth-order valence-corrected chi connectivity index (χ4v) is 4.52. The minimum Gasteiger partial charge on any atom is -0.387 e. The molecule has 0 saturated carbocycles. The van der Waals surface area contributed by atoms with Crippen LogP contribution in [-0.2, 0) is 0 Å². The van der Waals surface area contributed by atoms with Gasteiger partial charge in [0.15, 0.2) is 5.96 Å². The Hall–Kier alpha value is -0.460. The first kappa shape index (κ1) is 18.9. The van der Waals surface area contributed by atoms with Gasteiger partial charge in [-0.05, 0) is 37.9 Å². The smallest absolute Gasteiger partial charge is 0.191 e. The summed E-state index contributed by atoms with van der Waals surface area (Å²) in [4.78, 5) is 7.21. The van der Waals surface area contributed by atoms with E-state index in [2.05, 4.69) is 41.3 Å². The highest BCUT2D eigenvalue weighted by Crippen LogP contribution is 2.27. The number of nitrogens with one attached hydrogen (secondary N) is 2. The molecular formula is C17H34N4OS. The monoisotopic (exact) mass is 342 g/mol. The number of guanidine groups is 1. The Bertz CT molecular complexity index is 375. The second kappa shape index (κ2) is 9.14. The quantitative estimate of drug-likeness (QED) is 0.505. The van der Waals surface area contributed by atoms with E-state index in [4.69, 9.17) is 0 Å². The van der Waals surface area contributed by atoms with Crippen LogP contribution in [0.4, 0.5) is 0 Å². The number of nitrogens with zero attached hydrogens (tertiary/aromatic N) is 2. The molecule has 0 spiro atoms. The van der Waals surface area contributed by atoms with Crippen LogP contribution in [0.5, 0.6) is 0 Å². The van der Waals surface area contributed by atoms with Gasteiger partial charge in [-0.15, -0.1) is 0 Å². The molecule has 0 aromatic carbocycles. The largest absolute Gasteiger partial charge is 0.387 e. The van der Waals surface area contributed by atoms with Gasteiger partial charge in [-0.3, -0.25) is 4.99 Å². The van der Waals surface area contributed by atoms with Crippen LogP contribution in [0.2, 0.25) is 0 Å². The molecule has 2 heterocycles. The Balaban J connectivity index is 1.80. The summed E-state index contributed by atoms with van der Waals surface area (Å²) in [6.07, 6.45) is 3.18. The van der Waals surface area contributed by atoms with Crippen LogP contribution in [-0.4, -0.2) is 71.8 Å². The number of aliphatic imine (C=N–C) groups is 1. The van der Waals surface area contributed by atoms with Crippen molar-refractivity contribution in [3.8, 4) is 0 Å². The molecule has 5 nitrogen and oxygen atoms in total. The van der Waals surface area contributed by atoms with Crippen LogP contribution < -0.4 is 10.6 Å². The second-order valence-electron chi connectivity index (χ2n) is 7.34. The third-order valence-electron chi connectivity index (χ3n) is 4.51. The van der Waals surface area contributed by atoms with Gasteiger partial charge < -0.3 is 20.6 Å². The molecule has 0 aromatic heterocycles. The molecule has 2 rings (SSSR count). The van der Waals surface area contributed by atoms with Crippen molar-refractivity contribution in [2.24, 2.45) is 10.9 Å². The summed E-state index contributed by atoms with van der Waals surface area (Å²) in [5.41, 5.74) is -0.604. The Labute approximate surface area is 145 Å². The van der Waals surface area contributed by atoms with Crippen molar-refractivity contribution in [2.75, 3.05) is 44.2 Å². The molecule has 6 heteroatoms. The van der Waals surface area contributed by atoms with Crippen LogP contribution in [0.3, 0.4) is 0 Å². The second-order valence-corrected chi connectivity index (χ2v) is 8.44. The molecule has 23 heavy (non-hydrogen) atoms. The molecule has 1 atom stereocenters. The third kappa shape index (κ3) is 6.51. The summed E-state index contributed by atoms with van der Waals surface area (Å²) in [5, 5.41) is 17.3. The van der Waals surface area contributed by atoms with E-state index in [1.54, 1.807) is 0 Å². The van der Waals surface area contributed by atoms with E-state index in [9.17, 15) is 5.11 Å². The summed E-state index contributed by atoms with van der Waals surface area (Å²) >= 11 is 1.82. The fraction of sp³-hybridized carbons (Fsp3) is 0.941. The van der Waals surface area contributed by atoms with Crippen molar-refractivity contribution >= 4 is 17.7 Å². The first-order valence-corrected chi connectivity index (χ1v) is 10.2. The van der Waals surface area contributed by atoms with Gasteiger partial charge in [0.25, 0.3) is 0 Å². The van der Waals surface area contributed by atoms with E-state index in [0.717, 1.165) is 62.3 Å². The first-order chi connectivity index (χ1) is 11.0. The van der Waals surface area contributed by atoms with E-state index >= 15 is 0 Å². The zero-order chi connectivity index (χ0) is 16.7. The van der Waals surface area contributed by atoms with Gasteiger partial charge in [0.2, 0.25) is 0 Å². The molecule has 0 aromatic rings. The van der Waals surface area contributed by atoms with Crippen molar-refractivity contribution < 1.29 is 5.11 Å². The van der Waals surface area contributed by atoms with Gasteiger partial charge in [0, 0.05) is 38.0 Å². The van der Waals surface area contributed by atoms with Crippen molar-refractivity contribution in [3.05, 3.63) is 0 Å². The number of rotatable bonds is 6. The number of hydrogen-bond donors (Lipinski definition) is 3. The van der Waals surface area contributed by atoms with E-state index in [1.807, 2.05) is 11.8 Å². The van der Waals surface area contributed by atoms with Crippen molar-refractivity contribution in [1.82, 2.24) is 15.5 Å². The van der Waals surface area contributed by atoms with Gasteiger partial charge in [-0.25, -0.2) is 0 Å². The van der Waals surface area contributed by atoms with Crippen LogP contribution >= 0.6 is 11.8 Å². The Morgan fingerprint density at radius 3 is 2.70 bits per heavy atom. The Morgan fingerprint density at radius 2 is 2.13 bits per heavy atom. The van der Waals surface area contributed by atoms with Gasteiger partial charge in [0.05, 0.1) is 12.1 Å². The Kier molecular flexibility index (Phi) is 7.50. The van der Waals surface area contributed by atoms with E-state index < -0.39 is 5.60 Å². The highest BCUT2D eigenvalue weighted by molar-refractivity contribution is 7.99. The molecule has 2 fully saturated rings. The summed E-state index contributed by atoms with van der Waals surface area (Å²) in [6, 6.07) is 0.490. The number of thioether (sulfide) groups is 1. The normalized spacial score (nSPS) is 27.6. The third-order valence-corrected chi connectivity index (χ3v) is 5.74. The van der Waals surface area contributed by atoms with E-state index in [0.29, 0.717) is 12.6 Å². The molecule has 2 saturated heterocycles. The lowest BCUT2D eigenvalue weighted by atomic mass is 10.0. The maximum Gasteiger partial charge on any atom is 0.191 e. The topological polar surface area (TPSA) is 59.9 Å². The summed E-state index contributed by atoms with van der Waals surface area (Å²) in [6.45, 7) is 11.5. The maximum atomic E-state index is 10.4. The van der Waals surface area contributed by atoms with Gasteiger partial charge >= 0.3 is 0 Å². The SMILES string of the molecule is CCNC(=NCC1(O)CCSC1)NC1CCN(CC(C)C)CC1. The number of hydrogen-bond acceptors (Lipinski definition) is 4. The molecule has 134 valence electrons. The maximum absolute atomic E-state index is 10.4. The average molecular weight is 343 g/mol. The van der Waals surface area contributed by atoms with E-state index in [-0.39, 0.29) is 0 Å². The van der Waals surface area contributed by atoms with Crippen molar-refractivity contribution in [1.29, 1.82) is 0 Å². The van der Waals surface area contributed by atoms with Crippen LogP contribution in [0.15, 0.2) is 4.99 Å². The molecule has 1 unspecified atom stereocenters. The molecular weight excluding hydrogens is 308 g/mol. The molecule has 2 aliphatic rings. The minimum atomic E-state index is -0.604. The molecule has 0 radical (unpaired) electrons. The summed E-state index contributed by atoms with van der Waals surface area (Å²) in [5.74, 6) is 3.46. The predicted molar refractivity (Wildman–Crippen MR) is 100 cm³/mol. The number of piperidine rings is 1. The lowest BCUT2D eigenvalue weighted by Crippen LogP contribution is -2.49. The molecule has 3 N–H and O–H groups in total. The molecule has 0 bridgehead atoms. The van der Waals surface area contributed by atoms with E-state index in [1.165, 1.54) is 6.54 Å². The van der Waals surface area contributed by atoms with Gasteiger partial charge in [0.1, 0.15) is 0 Å². The standard InChI is InChI=1S/C17H34N4OS/c1-4-18-16(19-12-17(22)7-10-23-13-17)20-15-5-8-21(9-6-15)11-14(2)3/h14-15,22H,4-13H2,1-3H3,(H2,18,19,20). The summed E-state index contributed by atoms with van der Waals surface area (Å²) < 4.78 is 0. The predicted octanol–water partition coefficient (Wildman–Crippen LogP) is 1.53.